The number of hydrogen-bond acceptors (Lipinski definition) is 3. The van der Waals surface area contributed by atoms with Crippen molar-refractivity contribution in [2.24, 2.45) is 11.8 Å². The maximum atomic E-state index is 12.9. The van der Waals surface area contributed by atoms with Crippen molar-refractivity contribution >= 4 is 18.0 Å². The Kier molecular flexibility index (Phi) is 8.37. The maximum Gasteiger partial charge on any atom is 0.228 e. The molecule has 0 aliphatic heterocycles. The Balaban J connectivity index is 1.94. The lowest BCUT2D eigenvalue weighted by Gasteiger charge is -2.15. The van der Waals surface area contributed by atoms with E-state index in [2.05, 4.69) is 36.5 Å². The van der Waals surface area contributed by atoms with Crippen LogP contribution in [0.4, 0.5) is 5.82 Å². The lowest BCUT2D eigenvalue weighted by atomic mass is 9.94. The molecule has 5 heteroatoms. The molecule has 5 nitrogen and oxygen atoms in total. The quantitative estimate of drug-likeness (QED) is 0.375. The van der Waals surface area contributed by atoms with Gasteiger partial charge < -0.3 is 10.1 Å². The predicted octanol–water partition coefficient (Wildman–Crippen LogP) is 6.07. The van der Waals surface area contributed by atoms with Gasteiger partial charge in [0, 0.05) is 23.5 Å². The molecule has 2 atom stereocenters. The number of rotatable bonds is 11. The predicted molar refractivity (Wildman–Crippen MR) is 130 cm³/mol. The number of aryl methyl sites for hydroxylation is 1. The number of carbonyl (C=O) groups is 2. The molecule has 1 heterocycles. The number of nitrogens with one attached hydrogen (secondary N) is 1. The standard InChI is InChI=1S/C27H33N3O2/c1-4-6-11-21-12-10-13-23(17-21)25-18-26(29-30(25)24-14-8-7-9-15-24)28-27(32)22(5-2)16-20(3)19-31/h7-10,12-15,17-20,22H,4-6,11,16H2,1-3H3,(H,28,29,32). The fraction of sp³-hybridized carbons (Fsp3) is 0.370. The second-order valence-corrected chi connectivity index (χ2v) is 8.41. The van der Waals surface area contributed by atoms with E-state index >= 15 is 0 Å². The second kappa shape index (κ2) is 11.4. The lowest BCUT2D eigenvalue weighted by Crippen LogP contribution is -2.24. The summed E-state index contributed by atoms with van der Waals surface area (Å²) in [6.45, 7) is 6.01. The van der Waals surface area contributed by atoms with Gasteiger partial charge in [-0.1, -0.05) is 63.6 Å². The molecule has 0 saturated heterocycles. The van der Waals surface area contributed by atoms with Gasteiger partial charge in [-0.3, -0.25) is 4.79 Å². The maximum absolute atomic E-state index is 12.9. The number of nitrogens with zero attached hydrogens (tertiary/aromatic N) is 2. The van der Waals surface area contributed by atoms with Crippen LogP contribution in [0.5, 0.6) is 0 Å². The van der Waals surface area contributed by atoms with Crippen molar-refractivity contribution in [1.82, 2.24) is 9.78 Å². The lowest BCUT2D eigenvalue weighted by molar-refractivity contribution is -0.120. The molecule has 0 spiro atoms. The fourth-order valence-electron chi connectivity index (χ4n) is 3.87. The number of anilines is 1. The van der Waals surface area contributed by atoms with E-state index in [1.54, 1.807) is 0 Å². The van der Waals surface area contributed by atoms with Crippen LogP contribution in [0.25, 0.3) is 16.9 Å². The zero-order chi connectivity index (χ0) is 22.9. The minimum absolute atomic E-state index is 0.0952. The number of unbranched alkanes of at least 4 members (excludes halogenated alkanes) is 1. The normalized spacial score (nSPS) is 12.8. The van der Waals surface area contributed by atoms with E-state index in [1.165, 1.54) is 5.56 Å². The van der Waals surface area contributed by atoms with Crippen LogP contribution < -0.4 is 5.32 Å². The number of benzene rings is 2. The largest absolute Gasteiger partial charge is 0.309 e. The molecule has 1 N–H and O–H groups in total. The van der Waals surface area contributed by atoms with Gasteiger partial charge in [-0.25, -0.2) is 4.68 Å². The zero-order valence-electron chi connectivity index (χ0n) is 19.3. The van der Waals surface area contributed by atoms with Crippen molar-refractivity contribution < 1.29 is 9.59 Å². The zero-order valence-corrected chi connectivity index (χ0v) is 19.3. The molecule has 1 aromatic heterocycles. The summed E-state index contributed by atoms with van der Waals surface area (Å²) in [5.74, 6) is 0.0547. The molecule has 2 unspecified atom stereocenters. The van der Waals surface area contributed by atoms with Gasteiger partial charge in [0.25, 0.3) is 0 Å². The monoisotopic (exact) mass is 431 g/mol. The van der Waals surface area contributed by atoms with Gasteiger partial charge in [0.15, 0.2) is 5.82 Å². The topological polar surface area (TPSA) is 64.0 Å². The van der Waals surface area contributed by atoms with Gasteiger partial charge >= 0.3 is 0 Å². The van der Waals surface area contributed by atoms with Crippen molar-refractivity contribution in [3.05, 3.63) is 66.2 Å². The number of carbonyl (C=O) groups excluding carboxylic acids is 2. The van der Waals surface area contributed by atoms with E-state index < -0.39 is 0 Å². The van der Waals surface area contributed by atoms with E-state index in [-0.39, 0.29) is 17.7 Å². The summed E-state index contributed by atoms with van der Waals surface area (Å²) in [4.78, 5) is 23.9. The summed E-state index contributed by atoms with van der Waals surface area (Å²) in [5.41, 5.74) is 4.23. The molecule has 0 aliphatic carbocycles. The molecule has 0 aliphatic rings. The molecular weight excluding hydrogens is 398 g/mol. The third-order valence-electron chi connectivity index (χ3n) is 5.76. The summed E-state index contributed by atoms with van der Waals surface area (Å²) in [6.07, 6.45) is 5.47. The van der Waals surface area contributed by atoms with Crippen LogP contribution in [0.15, 0.2) is 60.7 Å². The Morgan fingerprint density at radius 2 is 1.88 bits per heavy atom. The van der Waals surface area contributed by atoms with Crippen molar-refractivity contribution in [3.8, 4) is 16.9 Å². The van der Waals surface area contributed by atoms with Crippen LogP contribution in [0.3, 0.4) is 0 Å². The highest BCUT2D eigenvalue weighted by molar-refractivity contribution is 5.92. The number of para-hydroxylation sites is 1. The first-order valence-corrected chi connectivity index (χ1v) is 11.6. The molecule has 2 aromatic carbocycles. The third-order valence-corrected chi connectivity index (χ3v) is 5.76. The van der Waals surface area contributed by atoms with Gasteiger partial charge in [-0.05, 0) is 49.4 Å². The molecule has 32 heavy (non-hydrogen) atoms. The van der Waals surface area contributed by atoms with E-state index in [0.717, 1.165) is 42.5 Å². The molecule has 0 saturated carbocycles. The first-order chi connectivity index (χ1) is 15.5. The number of hydrogen-bond donors (Lipinski definition) is 1. The van der Waals surface area contributed by atoms with Crippen LogP contribution in [0.2, 0.25) is 0 Å². The minimum Gasteiger partial charge on any atom is -0.309 e. The van der Waals surface area contributed by atoms with Gasteiger partial charge in [-0.15, -0.1) is 5.10 Å². The van der Waals surface area contributed by atoms with Crippen LogP contribution in [-0.4, -0.2) is 22.0 Å². The Labute approximate surface area is 190 Å². The Bertz CT molecular complexity index is 1030. The fourth-order valence-corrected chi connectivity index (χ4v) is 3.87. The molecule has 0 bridgehead atoms. The van der Waals surface area contributed by atoms with E-state index in [4.69, 9.17) is 5.10 Å². The highest BCUT2D eigenvalue weighted by atomic mass is 16.2. The number of aldehydes is 1. The van der Waals surface area contributed by atoms with Gasteiger partial charge in [0.2, 0.25) is 5.91 Å². The van der Waals surface area contributed by atoms with Crippen LogP contribution >= 0.6 is 0 Å². The minimum atomic E-state index is -0.224. The molecule has 3 rings (SSSR count). The van der Waals surface area contributed by atoms with Crippen LogP contribution in [0, 0.1) is 11.8 Å². The van der Waals surface area contributed by atoms with E-state index in [1.807, 2.05) is 54.9 Å². The van der Waals surface area contributed by atoms with Crippen molar-refractivity contribution in [2.45, 2.75) is 52.9 Å². The van der Waals surface area contributed by atoms with Gasteiger partial charge in [0.1, 0.15) is 6.29 Å². The summed E-state index contributed by atoms with van der Waals surface area (Å²) in [5, 5.41) is 7.70. The highest BCUT2D eigenvalue weighted by Gasteiger charge is 2.21. The highest BCUT2D eigenvalue weighted by Crippen LogP contribution is 2.28. The Morgan fingerprint density at radius 1 is 1.09 bits per heavy atom. The molecule has 1 amide bonds. The Morgan fingerprint density at radius 3 is 2.56 bits per heavy atom. The second-order valence-electron chi connectivity index (χ2n) is 8.41. The Hall–Kier alpha value is -3.21. The smallest absolute Gasteiger partial charge is 0.228 e. The molecule has 0 radical (unpaired) electrons. The average molecular weight is 432 g/mol. The first-order valence-electron chi connectivity index (χ1n) is 11.6. The average Bonchev–Trinajstić information content (AvgIpc) is 3.25. The molecule has 0 fully saturated rings. The molecule has 168 valence electrons. The third kappa shape index (κ3) is 5.94. The summed E-state index contributed by atoms with van der Waals surface area (Å²) in [7, 11) is 0. The summed E-state index contributed by atoms with van der Waals surface area (Å²) in [6, 6.07) is 20.4. The van der Waals surface area contributed by atoms with Crippen molar-refractivity contribution in [2.75, 3.05) is 5.32 Å². The van der Waals surface area contributed by atoms with Gasteiger partial charge in [-0.2, -0.15) is 0 Å². The SMILES string of the molecule is CCCCc1cccc(-c2cc(NC(=O)C(CC)CC(C)C=O)nn2-c2ccccc2)c1. The number of aromatic nitrogens is 2. The molecular formula is C27H33N3O2. The van der Waals surface area contributed by atoms with Gasteiger partial charge in [0.05, 0.1) is 11.4 Å². The van der Waals surface area contributed by atoms with E-state index in [0.29, 0.717) is 18.7 Å². The number of amides is 1. The van der Waals surface area contributed by atoms with Crippen LogP contribution in [0.1, 0.15) is 52.0 Å². The molecule has 3 aromatic rings. The van der Waals surface area contributed by atoms with Crippen molar-refractivity contribution in [3.63, 3.8) is 0 Å². The van der Waals surface area contributed by atoms with Crippen molar-refractivity contribution in [1.29, 1.82) is 0 Å². The van der Waals surface area contributed by atoms with E-state index in [9.17, 15) is 9.59 Å². The van der Waals surface area contributed by atoms with Crippen LogP contribution in [-0.2, 0) is 16.0 Å². The summed E-state index contributed by atoms with van der Waals surface area (Å²) < 4.78 is 1.88. The first kappa shape index (κ1) is 23.5. The summed E-state index contributed by atoms with van der Waals surface area (Å²) >= 11 is 0.